The van der Waals surface area contributed by atoms with Gasteiger partial charge in [0.25, 0.3) is 0 Å². The van der Waals surface area contributed by atoms with Crippen molar-refractivity contribution in [3.05, 3.63) is 33.8 Å². The highest BCUT2D eigenvalue weighted by Gasteiger charge is 2.27. The van der Waals surface area contributed by atoms with Crippen LogP contribution in [-0.4, -0.2) is 24.4 Å². The molecule has 5 heteroatoms. The number of amides is 1. The number of nitrogens with zero attached hydrogens (tertiary/aromatic N) is 1. The molecule has 1 aliphatic carbocycles. The van der Waals surface area contributed by atoms with Gasteiger partial charge in [0.05, 0.1) is 0 Å². The van der Waals surface area contributed by atoms with Gasteiger partial charge < -0.3 is 10.6 Å². The first-order chi connectivity index (χ1) is 10.0. The number of rotatable bonds is 4. The van der Waals surface area contributed by atoms with Gasteiger partial charge in [0.1, 0.15) is 0 Å². The number of nitrogens with two attached hydrogens (primary N) is 1. The number of carbonyl (C=O) groups excluding carboxylic acids is 1. The molecular weight excluding hydrogens is 307 g/mol. The fraction of sp³-hybridized carbons (Fsp3) is 0.562. The number of halogens is 2. The van der Waals surface area contributed by atoms with E-state index in [1.807, 2.05) is 13.1 Å². The first-order valence-corrected chi connectivity index (χ1v) is 8.15. The summed E-state index contributed by atoms with van der Waals surface area (Å²) in [5.41, 5.74) is 6.62. The topological polar surface area (TPSA) is 46.3 Å². The smallest absolute Gasteiger partial charge is 0.225 e. The Labute approximate surface area is 136 Å². The molecule has 116 valence electrons. The SMILES string of the molecule is CN(Cc1ccc(Cl)cc1Cl)C(=O)C1CCC(CN)CC1. The molecule has 21 heavy (non-hydrogen) atoms. The molecule has 1 aromatic carbocycles. The van der Waals surface area contributed by atoms with Crippen LogP contribution < -0.4 is 5.73 Å². The maximum atomic E-state index is 12.5. The summed E-state index contributed by atoms with van der Waals surface area (Å²) in [5.74, 6) is 0.922. The van der Waals surface area contributed by atoms with Crippen LogP contribution >= 0.6 is 23.2 Å². The van der Waals surface area contributed by atoms with Gasteiger partial charge >= 0.3 is 0 Å². The van der Waals surface area contributed by atoms with Crippen molar-refractivity contribution >= 4 is 29.1 Å². The molecular formula is C16H22Cl2N2O. The fourth-order valence-electron chi connectivity index (χ4n) is 2.94. The molecule has 0 aliphatic heterocycles. The maximum Gasteiger partial charge on any atom is 0.225 e. The first-order valence-electron chi connectivity index (χ1n) is 7.40. The summed E-state index contributed by atoms with van der Waals surface area (Å²) in [6.07, 6.45) is 4.00. The second-order valence-corrected chi connectivity index (χ2v) is 6.73. The van der Waals surface area contributed by atoms with Crippen LogP contribution in [0.3, 0.4) is 0 Å². The monoisotopic (exact) mass is 328 g/mol. The number of carbonyl (C=O) groups is 1. The van der Waals surface area contributed by atoms with Crippen LogP contribution in [0, 0.1) is 11.8 Å². The van der Waals surface area contributed by atoms with Gasteiger partial charge in [0.2, 0.25) is 5.91 Å². The summed E-state index contributed by atoms with van der Waals surface area (Å²) in [7, 11) is 1.84. The van der Waals surface area contributed by atoms with Gasteiger partial charge in [-0.3, -0.25) is 4.79 Å². The minimum Gasteiger partial charge on any atom is -0.341 e. The molecule has 1 aromatic rings. The van der Waals surface area contributed by atoms with Crippen molar-refractivity contribution in [2.24, 2.45) is 17.6 Å². The highest BCUT2D eigenvalue weighted by molar-refractivity contribution is 6.35. The molecule has 0 aromatic heterocycles. The number of hydrogen-bond acceptors (Lipinski definition) is 2. The molecule has 1 amide bonds. The van der Waals surface area contributed by atoms with E-state index in [2.05, 4.69) is 0 Å². The molecule has 0 saturated heterocycles. The molecule has 2 rings (SSSR count). The van der Waals surface area contributed by atoms with E-state index in [4.69, 9.17) is 28.9 Å². The quantitative estimate of drug-likeness (QED) is 0.915. The third kappa shape index (κ3) is 4.35. The molecule has 1 saturated carbocycles. The highest BCUT2D eigenvalue weighted by atomic mass is 35.5. The Hall–Kier alpha value is -0.770. The van der Waals surface area contributed by atoms with E-state index in [0.29, 0.717) is 22.5 Å². The average molecular weight is 329 g/mol. The molecule has 0 radical (unpaired) electrons. The third-order valence-electron chi connectivity index (χ3n) is 4.33. The summed E-state index contributed by atoms with van der Waals surface area (Å²) in [5, 5.41) is 1.21. The van der Waals surface area contributed by atoms with Crippen molar-refractivity contribution < 1.29 is 4.79 Å². The molecule has 0 heterocycles. The van der Waals surface area contributed by atoms with E-state index < -0.39 is 0 Å². The van der Waals surface area contributed by atoms with Crippen LogP contribution in [0.4, 0.5) is 0 Å². The van der Waals surface area contributed by atoms with Crippen LogP contribution in [0.15, 0.2) is 18.2 Å². The Morgan fingerprint density at radius 3 is 2.52 bits per heavy atom. The maximum absolute atomic E-state index is 12.5. The van der Waals surface area contributed by atoms with Gasteiger partial charge in [-0.1, -0.05) is 29.3 Å². The van der Waals surface area contributed by atoms with Crippen molar-refractivity contribution in [1.29, 1.82) is 0 Å². The number of hydrogen-bond donors (Lipinski definition) is 1. The van der Waals surface area contributed by atoms with Crippen LogP contribution in [0.1, 0.15) is 31.2 Å². The number of benzene rings is 1. The molecule has 1 aliphatic rings. The van der Waals surface area contributed by atoms with E-state index in [-0.39, 0.29) is 11.8 Å². The third-order valence-corrected chi connectivity index (χ3v) is 4.92. The molecule has 1 fully saturated rings. The van der Waals surface area contributed by atoms with E-state index >= 15 is 0 Å². The average Bonchev–Trinajstić information content (AvgIpc) is 2.49. The summed E-state index contributed by atoms with van der Waals surface area (Å²) < 4.78 is 0. The van der Waals surface area contributed by atoms with Gasteiger partial charge in [-0.05, 0) is 55.8 Å². The lowest BCUT2D eigenvalue weighted by Crippen LogP contribution is -2.35. The summed E-state index contributed by atoms with van der Waals surface area (Å²) in [6.45, 7) is 1.25. The molecule has 0 bridgehead atoms. The lowest BCUT2D eigenvalue weighted by molar-refractivity contribution is -0.136. The minimum atomic E-state index is 0.129. The molecule has 0 atom stereocenters. The summed E-state index contributed by atoms with van der Waals surface area (Å²) in [6, 6.07) is 5.39. The van der Waals surface area contributed by atoms with Crippen LogP contribution in [0.25, 0.3) is 0 Å². The van der Waals surface area contributed by atoms with E-state index in [1.54, 1.807) is 17.0 Å². The zero-order valence-electron chi connectivity index (χ0n) is 12.3. The van der Waals surface area contributed by atoms with Gasteiger partial charge in [-0.15, -0.1) is 0 Å². The predicted molar refractivity (Wildman–Crippen MR) is 87.4 cm³/mol. The molecule has 0 spiro atoms. The Balaban J connectivity index is 1.93. The van der Waals surface area contributed by atoms with E-state index in [9.17, 15) is 4.79 Å². The largest absolute Gasteiger partial charge is 0.341 e. The minimum absolute atomic E-state index is 0.129. The van der Waals surface area contributed by atoms with Gasteiger partial charge in [-0.25, -0.2) is 0 Å². The van der Waals surface area contributed by atoms with Crippen molar-refractivity contribution in [1.82, 2.24) is 4.90 Å². The molecule has 3 nitrogen and oxygen atoms in total. The fourth-order valence-corrected chi connectivity index (χ4v) is 3.41. The van der Waals surface area contributed by atoms with Crippen molar-refractivity contribution in [2.75, 3.05) is 13.6 Å². The standard InChI is InChI=1S/C16H22Cl2N2O/c1-20(10-13-6-7-14(17)8-15(13)18)16(21)12-4-2-11(9-19)3-5-12/h6-8,11-12H,2-5,9-10,19H2,1H3. The predicted octanol–water partition coefficient (Wildman–Crippen LogP) is 3.72. The second-order valence-electron chi connectivity index (χ2n) is 5.88. The van der Waals surface area contributed by atoms with E-state index in [0.717, 1.165) is 37.8 Å². The zero-order valence-corrected chi connectivity index (χ0v) is 13.8. The summed E-state index contributed by atoms with van der Waals surface area (Å²) in [4.78, 5) is 14.3. The van der Waals surface area contributed by atoms with E-state index in [1.165, 1.54) is 0 Å². The molecule has 2 N–H and O–H groups in total. The Bertz CT molecular complexity index is 499. The first kappa shape index (κ1) is 16.6. The summed E-state index contributed by atoms with van der Waals surface area (Å²) >= 11 is 12.1. The lowest BCUT2D eigenvalue weighted by Gasteiger charge is -2.30. The van der Waals surface area contributed by atoms with Crippen molar-refractivity contribution in [3.8, 4) is 0 Å². The van der Waals surface area contributed by atoms with Gasteiger partial charge in [-0.2, -0.15) is 0 Å². The van der Waals surface area contributed by atoms with Crippen LogP contribution in [-0.2, 0) is 11.3 Å². The Kier molecular flexibility index (Phi) is 5.91. The van der Waals surface area contributed by atoms with Crippen LogP contribution in [0.5, 0.6) is 0 Å². The lowest BCUT2D eigenvalue weighted by atomic mass is 9.81. The Morgan fingerprint density at radius 1 is 1.29 bits per heavy atom. The van der Waals surface area contributed by atoms with Crippen LogP contribution in [0.2, 0.25) is 10.0 Å². The highest BCUT2D eigenvalue weighted by Crippen LogP contribution is 2.30. The van der Waals surface area contributed by atoms with Crippen molar-refractivity contribution in [3.63, 3.8) is 0 Å². The van der Waals surface area contributed by atoms with Gasteiger partial charge in [0.15, 0.2) is 0 Å². The Morgan fingerprint density at radius 2 is 1.95 bits per heavy atom. The van der Waals surface area contributed by atoms with Crippen molar-refractivity contribution in [2.45, 2.75) is 32.2 Å². The molecule has 0 unspecified atom stereocenters. The van der Waals surface area contributed by atoms with Gasteiger partial charge in [0, 0.05) is 29.6 Å². The normalized spacial score (nSPS) is 22.1. The second kappa shape index (κ2) is 7.48. The zero-order chi connectivity index (χ0) is 15.4.